The van der Waals surface area contributed by atoms with Crippen LogP contribution in [0.5, 0.6) is 0 Å². The molecule has 0 saturated carbocycles. The minimum absolute atomic E-state index is 0.112. The highest BCUT2D eigenvalue weighted by Gasteiger charge is 2.12. The van der Waals surface area contributed by atoms with E-state index in [1.165, 1.54) is 0 Å². The molecule has 0 saturated heterocycles. The summed E-state index contributed by atoms with van der Waals surface area (Å²) in [5.74, 6) is 0.838. The number of Topliss-reactive ketones (excluding diaryl/α,β-unsaturated/α-hetero) is 1. The van der Waals surface area contributed by atoms with Crippen LogP contribution in [0.25, 0.3) is 0 Å². The lowest BCUT2D eigenvalue weighted by atomic mass is 10.1. The lowest BCUT2D eigenvalue weighted by Crippen LogP contribution is -2.10. The minimum Gasteiger partial charge on any atom is -0.299 e. The van der Waals surface area contributed by atoms with Crippen LogP contribution in [0.1, 0.15) is 44.3 Å². The predicted molar refractivity (Wildman–Crippen MR) is 59.8 cm³/mol. The Morgan fingerprint density at radius 3 is 2.50 bits per heavy atom. The summed E-state index contributed by atoms with van der Waals surface area (Å²) in [6.07, 6.45) is 0.495. The summed E-state index contributed by atoms with van der Waals surface area (Å²) in [5.41, 5.74) is 1.10. The largest absolute Gasteiger partial charge is 0.299 e. The predicted octanol–water partition coefficient (Wildman–Crippen LogP) is 3.03. The standard InChI is InChI=1S/C11H17NOS/c1-7(2)9-6-14-11(12-9)5-10(13)8(3)4/h6-8H,5H2,1-4H3. The van der Waals surface area contributed by atoms with Crippen LogP contribution in [-0.4, -0.2) is 10.8 Å². The molecule has 0 fully saturated rings. The second kappa shape index (κ2) is 4.69. The third-order valence-electron chi connectivity index (χ3n) is 2.13. The molecule has 1 aromatic rings. The van der Waals surface area contributed by atoms with Crippen molar-refractivity contribution in [3.05, 3.63) is 16.1 Å². The Bertz CT molecular complexity index is 315. The van der Waals surface area contributed by atoms with Gasteiger partial charge in [-0.2, -0.15) is 0 Å². The van der Waals surface area contributed by atoms with E-state index >= 15 is 0 Å². The Morgan fingerprint density at radius 1 is 1.43 bits per heavy atom. The second-order valence-corrected chi connectivity index (χ2v) is 5.06. The Kier molecular flexibility index (Phi) is 3.81. The van der Waals surface area contributed by atoms with E-state index in [-0.39, 0.29) is 11.7 Å². The molecule has 0 atom stereocenters. The third kappa shape index (κ3) is 2.91. The number of hydrogen-bond donors (Lipinski definition) is 0. The average Bonchev–Trinajstić information content (AvgIpc) is 2.52. The smallest absolute Gasteiger partial charge is 0.142 e. The molecule has 1 heterocycles. The molecule has 0 aromatic carbocycles. The van der Waals surface area contributed by atoms with Gasteiger partial charge in [0.25, 0.3) is 0 Å². The summed E-state index contributed by atoms with van der Waals surface area (Å²) >= 11 is 1.59. The van der Waals surface area contributed by atoms with Crippen molar-refractivity contribution in [3.8, 4) is 0 Å². The van der Waals surface area contributed by atoms with Gasteiger partial charge < -0.3 is 0 Å². The van der Waals surface area contributed by atoms with E-state index < -0.39 is 0 Å². The van der Waals surface area contributed by atoms with Crippen molar-refractivity contribution in [2.45, 2.75) is 40.0 Å². The van der Waals surface area contributed by atoms with Crippen LogP contribution in [0.4, 0.5) is 0 Å². The van der Waals surface area contributed by atoms with E-state index in [9.17, 15) is 4.79 Å². The van der Waals surface area contributed by atoms with Crippen molar-refractivity contribution in [3.63, 3.8) is 0 Å². The molecule has 0 aliphatic carbocycles. The van der Waals surface area contributed by atoms with Gasteiger partial charge in [0.2, 0.25) is 0 Å². The van der Waals surface area contributed by atoms with E-state index in [1.807, 2.05) is 19.2 Å². The molecule has 0 radical (unpaired) electrons. The van der Waals surface area contributed by atoms with Gasteiger partial charge in [0.05, 0.1) is 12.1 Å². The lowest BCUT2D eigenvalue weighted by molar-refractivity contribution is -0.121. The first-order valence-electron chi connectivity index (χ1n) is 4.97. The Hall–Kier alpha value is -0.700. The maximum Gasteiger partial charge on any atom is 0.142 e. The highest BCUT2D eigenvalue weighted by molar-refractivity contribution is 7.09. The van der Waals surface area contributed by atoms with Gasteiger partial charge >= 0.3 is 0 Å². The van der Waals surface area contributed by atoms with Crippen molar-refractivity contribution >= 4 is 17.1 Å². The maximum atomic E-state index is 11.5. The maximum absolute atomic E-state index is 11.5. The third-order valence-corrected chi connectivity index (χ3v) is 3.00. The molecule has 0 unspecified atom stereocenters. The Labute approximate surface area is 89.4 Å². The van der Waals surface area contributed by atoms with Gasteiger partial charge in [-0.05, 0) is 5.92 Å². The minimum atomic E-state index is 0.112. The van der Waals surface area contributed by atoms with Gasteiger partial charge in [0, 0.05) is 11.3 Å². The fourth-order valence-electron chi connectivity index (χ4n) is 1.02. The van der Waals surface area contributed by atoms with E-state index in [0.717, 1.165) is 10.7 Å². The van der Waals surface area contributed by atoms with E-state index in [2.05, 4.69) is 18.8 Å². The number of nitrogens with zero attached hydrogens (tertiary/aromatic N) is 1. The molecule has 0 N–H and O–H groups in total. The lowest BCUT2D eigenvalue weighted by Gasteiger charge is -2.00. The molecule has 1 rings (SSSR count). The summed E-state index contributed by atoms with van der Waals surface area (Å²) in [4.78, 5) is 15.9. The molecule has 78 valence electrons. The van der Waals surface area contributed by atoms with Crippen LogP contribution in [0.15, 0.2) is 5.38 Å². The topological polar surface area (TPSA) is 30.0 Å². The summed E-state index contributed by atoms with van der Waals surface area (Å²) < 4.78 is 0. The first kappa shape index (κ1) is 11.4. The monoisotopic (exact) mass is 211 g/mol. The van der Waals surface area contributed by atoms with Crippen molar-refractivity contribution in [2.24, 2.45) is 5.92 Å². The molecule has 0 aliphatic heterocycles. The summed E-state index contributed by atoms with van der Waals surface area (Å²) in [6.45, 7) is 8.09. The van der Waals surface area contributed by atoms with Crippen molar-refractivity contribution in [1.29, 1.82) is 0 Å². The first-order chi connectivity index (χ1) is 6.50. The Balaban J connectivity index is 2.64. The van der Waals surface area contributed by atoms with Gasteiger partial charge in [-0.1, -0.05) is 27.7 Å². The second-order valence-electron chi connectivity index (χ2n) is 4.12. The highest BCUT2D eigenvalue weighted by atomic mass is 32.1. The molecule has 0 amide bonds. The van der Waals surface area contributed by atoms with Crippen LogP contribution in [-0.2, 0) is 11.2 Å². The normalized spacial score (nSPS) is 11.3. The number of hydrogen-bond acceptors (Lipinski definition) is 3. The fourth-order valence-corrected chi connectivity index (χ4v) is 1.99. The van der Waals surface area contributed by atoms with Gasteiger partial charge in [0.1, 0.15) is 10.8 Å². The number of carbonyl (C=O) groups is 1. The zero-order valence-electron chi connectivity index (χ0n) is 9.20. The number of carbonyl (C=O) groups excluding carboxylic acids is 1. The molecular weight excluding hydrogens is 194 g/mol. The number of aromatic nitrogens is 1. The quantitative estimate of drug-likeness (QED) is 0.766. The molecular formula is C11H17NOS. The molecule has 1 aromatic heterocycles. The average molecular weight is 211 g/mol. The zero-order valence-corrected chi connectivity index (χ0v) is 10.0. The molecule has 0 aliphatic rings. The van der Waals surface area contributed by atoms with Crippen LogP contribution in [0, 0.1) is 5.92 Å². The van der Waals surface area contributed by atoms with E-state index in [0.29, 0.717) is 12.3 Å². The van der Waals surface area contributed by atoms with E-state index in [1.54, 1.807) is 11.3 Å². The van der Waals surface area contributed by atoms with Crippen molar-refractivity contribution < 1.29 is 4.79 Å². The summed E-state index contributed by atoms with van der Waals surface area (Å²) in [7, 11) is 0. The summed E-state index contributed by atoms with van der Waals surface area (Å²) in [6, 6.07) is 0. The Morgan fingerprint density at radius 2 is 2.07 bits per heavy atom. The number of rotatable bonds is 4. The van der Waals surface area contributed by atoms with Gasteiger partial charge in [-0.15, -0.1) is 11.3 Å². The van der Waals surface area contributed by atoms with Gasteiger partial charge in [0.15, 0.2) is 0 Å². The number of thiazole rings is 1. The van der Waals surface area contributed by atoms with Crippen LogP contribution in [0.2, 0.25) is 0 Å². The van der Waals surface area contributed by atoms with Crippen molar-refractivity contribution in [2.75, 3.05) is 0 Å². The molecule has 0 spiro atoms. The molecule has 3 heteroatoms. The highest BCUT2D eigenvalue weighted by Crippen LogP contribution is 2.18. The van der Waals surface area contributed by atoms with Crippen molar-refractivity contribution in [1.82, 2.24) is 4.98 Å². The van der Waals surface area contributed by atoms with Gasteiger partial charge in [-0.3, -0.25) is 4.79 Å². The SMILES string of the molecule is CC(C)C(=O)Cc1nc(C(C)C)cs1. The zero-order chi connectivity index (χ0) is 10.7. The molecule has 2 nitrogen and oxygen atoms in total. The van der Waals surface area contributed by atoms with E-state index in [4.69, 9.17) is 0 Å². The summed E-state index contributed by atoms with van der Waals surface area (Å²) in [5, 5.41) is 3.00. The molecule has 0 bridgehead atoms. The number of ketones is 1. The molecule has 14 heavy (non-hydrogen) atoms. The fraction of sp³-hybridized carbons (Fsp3) is 0.636. The van der Waals surface area contributed by atoms with Crippen LogP contribution in [0.3, 0.4) is 0 Å². The van der Waals surface area contributed by atoms with Crippen LogP contribution < -0.4 is 0 Å². The first-order valence-corrected chi connectivity index (χ1v) is 5.85. The van der Waals surface area contributed by atoms with Gasteiger partial charge in [-0.25, -0.2) is 4.98 Å². The van der Waals surface area contributed by atoms with Crippen LogP contribution >= 0.6 is 11.3 Å².